The van der Waals surface area contributed by atoms with Gasteiger partial charge in [-0.15, -0.1) is 0 Å². The Bertz CT molecular complexity index is 918. The average molecular weight is 496 g/mol. The van der Waals surface area contributed by atoms with Crippen LogP contribution in [-0.2, 0) is 14.3 Å². The second-order valence-corrected chi connectivity index (χ2v) is 10.5. The molecule has 1 aliphatic heterocycles. The number of ketones is 1. The van der Waals surface area contributed by atoms with Gasteiger partial charge in [0.25, 0.3) is 0 Å². The van der Waals surface area contributed by atoms with Crippen LogP contribution in [0.5, 0.6) is 0 Å². The van der Waals surface area contributed by atoms with Crippen molar-refractivity contribution >= 4 is 29.4 Å². The summed E-state index contributed by atoms with van der Waals surface area (Å²) in [4.78, 5) is 30.1. The summed E-state index contributed by atoms with van der Waals surface area (Å²) < 4.78 is 10.8. The predicted octanol–water partition coefficient (Wildman–Crippen LogP) is 4.97. The summed E-state index contributed by atoms with van der Waals surface area (Å²) in [6.07, 6.45) is 4.59. The molecule has 2 rings (SSSR count). The number of aryl methyl sites for hydroxylation is 1. The van der Waals surface area contributed by atoms with Gasteiger partial charge in [-0.25, -0.2) is 4.98 Å². The minimum atomic E-state index is -1.27. The van der Waals surface area contributed by atoms with Gasteiger partial charge in [-0.1, -0.05) is 50.9 Å². The summed E-state index contributed by atoms with van der Waals surface area (Å²) in [5.41, 5.74) is 0.390. The molecule has 8 heteroatoms. The van der Waals surface area contributed by atoms with E-state index in [2.05, 4.69) is 4.98 Å². The van der Waals surface area contributed by atoms with Gasteiger partial charge < -0.3 is 19.4 Å². The van der Waals surface area contributed by atoms with Crippen molar-refractivity contribution in [3.63, 3.8) is 0 Å². The largest absolute Gasteiger partial charge is 0.456 e. The zero-order valence-corrected chi connectivity index (χ0v) is 21.8. The Kier molecular flexibility index (Phi) is 10.1. The number of Topliss-reactive ketones (excluding diaryl/α,β-unsaturated/α-hetero) is 1. The van der Waals surface area contributed by atoms with Gasteiger partial charge in [0.2, 0.25) is 0 Å². The van der Waals surface area contributed by atoms with Crippen molar-refractivity contribution in [1.82, 2.24) is 4.98 Å². The fourth-order valence-electron chi connectivity index (χ4n) is 4.20. The van der Waals surface area contributed by atoms with Gasteiger partial charge in [0.15, 0.2) is 5.89 Å². The van der Waals surface area contributed by atoms with Gasteiger partial charge in [-0.05, 0) is 38.2 Å². The van der Waals surface area contributed by atoms with E-state index in [1.165, 1.54) is 6.26 Å². The van der Waals surface area contributed by atoms with Crippen LogP contribution >= 0.6 is 11.6 Å². The number of allylic oxidation sites excluding steroid dienone is 1. The molecule has 0 amide bonds. The molecule has 0 radical (unpaired) electrons. The van der Waals surface area contributed by atoms with Crippen molar-refractivity contribution in [3.05, 3.63) is 34.5 Å². The average Bonchev–Trinajstić information content (AvgIpc) is 3.18. The Morgan fingerprint density at radius 3 is 2.53 bits per heavy atom. The maximum atomic E-state index is 13.1. The van der Waals surface area contributed by atoms with E-state index in [4.69, 9.17) is 20.8 Å². The molecule has 190 valence electrons. The van der Waals surface area contributed by atoms with E-state index in [1.807, 2.05) is 19.9 Å². The van der Waals surface area contributed by atoms with Crippen LogP contribution in [0.25, 0.3) is 6.08 Å². The zero-order chi connectivity index (χ0) is 25.6. The third kappa shape index (κ3) is 7.52. The van der Waals surface area contributed by atoms with Crippen LogP contribution in [0.4, 0.5) is 0 Å². The number of cyclic esters (lactones) is 1. The topological polar surface area (TPSA) is 110 Å². The molecule has 0 saturated carbocycles. The normalized spacial score (nSPS) is 32.1. The zero-order valence-electron chi connectivity index (χ0n) is 21.0. The maximum absolute atomic E-state index is 13.1. The Hall–Kier alpha value is -1.96. The lowest BCUT2D eigenvalue weighted by atomic mass is 9.73. The van der Waals surface area contributed by atoms with Crippen LogP contribution in [0.1, 0.15) is 78.3 Å². The maximum Gasteiger partial charge on any atom is 0.309 e. The molecule has 1 aromatic rings. The Labute approximate surface area is 207 Å². The van der Waals surface area contributed by atoms with E-state index >= 15 is 0 Å². The molecule has 5 atom stereocenters. The van der Waals surface area contributed by atoms with Crippen molar-refractivity contribution in [3.8, 4) is 0 Å². The fourth-order valence-corrected chi connectivity index (χ4v) is 4.45. The number of carbonyl (C=O) groups is 2. The van der Waals surface area contributed by atoms with Gasteiger partial charge in [0.1, 0.15) is 23.8 Å². The third-order valence-corrected chi connectivity index (χ3v) is 7.10. The van der Waals surface area contributed by atoms with Gasteiger partial charge in [0.05, 0.1) is 29.1 Å². The van der Waals surface area contributed by atoms with Crippen molar-refractivity contribution in [1.29, 1.82) is 0 Å². The van der Waals surface area contributed by atoms with E-state index in [9.17, 15) is 19.8 Å². The molecule has 7 nitrogen and oxygen atoms in total. The molecule has 2 heterocycles. The number of oxazole rings is 1. The minimum absolute atomic E-state index is 0.0754. The number of ether oxygens (including phenoxy) is 1. The number of aliphatic hydroxyl groups excluding tert-OH is 2. The van der Waals surface area contributed by atoms with Gasteiger partial charge in [-0.3, -0.25) is 9.59 Å². The van der Waals surface area contributed by atoms with Crippen LogP contribution in [-0.4, -0.2) is 45.3 Å². The number of rotatable bonds is 2. The molecule has 1 aromatic heterocycles. The number of aliphatic hydroxyl groups is 2. The van der Waals surface area contributed by atoms with Crippen LogP contribution in [0.15, 0.2) is 27.4 Å². The molecule has 34 heavy (non-hydrogen) atoms. The number of hydrogen-bond donors (Lipinski definition) is 2. The predicted molar refractivity (Wildman–Crippen MR) is 131 cm³/mol. The second-order valence-electron chi connectivity index (χ2n) is 10.0. The first-order valence-electron chi connectivity index (χ1n) is 11.9. The molecule has 1 aliphatic rings. The van der Waals surface area contributed by atoms with Crippen LogP contribution in [0.3, 0.4) is 0 Å². The third-order valence-electron chi connectivity index (χ3n) is 6.75. The fraction of sp³-hybridized carbons (Fsp3) is 0.654. The standard InChI is InChI=1S/C26H38ClNO6/c1-15-8-7-9-16(2)24(31)17(3)25(32)26(5,6)22(29)13-23(30)34-21(11-10-15)20(27)12-19-14-33-18(4)28-19/h10,12,14,16-17,21-22,24,29,31H,7-9,11,13H2,1-6H3/b15-10-,20-12?/t16-,17+,21-,22-,24-/m0/s1. The highest BCUT2D eigenvalue weighted by Gasteiger charge is 2.42. The Morgan fingerprint density at radius 2 is 1.91 bits per heavy atom. The number of aromatic nitrogens is 1. The lowest BCUT2D eigenvalue weighted by Gasteiger charge is -2.34. The van der Waals surface area contributed by atoms with Crippen molar-refractivity contribution in [2.75, 3.05) is 0 Å². The Morgan fingerprint density at radius 1 is 1.24 bits per heavy atom. The Balaban J connectivity index is 2.33. The first kappa shape index (κ1) is 28.3. The molecule has 0 bridgehead atoms. The molecule has 2 N–H and O–H groups in total. The highest BCUT2D eigenvalue weighted by atomic mass is 35.5. The second kappa shape index (κ2) is 12.1. The molecular weight excluding hydrogens is 458 g/mol. The molecule has 0 fully saturated rings. The molecule has 0 unspecified atom stereocenters. The minimum Gasteiger partial charge on any atom is -0.456 e. The first-order valence-corrected chi connectivity index (χ1v) is 12.3. The highest BCUT2D eigenvalue weighted by Crippen LogP contribution is 2.32. The molecule has 0 aromatic carbocycles. The summed E-state index contributed by atoms with van der Waals surface area (Å²) in [5, 5.41) is 21.8. The number of halogens is 1. The summed E-state index contributed by atoms with van der Waals surface area (Å²) >= 11 is 6.51. The molecular formula is C26H38ClNO6. The van der Waals surface area contributed by atoms with Gasteiger partial charge in [0, 0.05) is 19.3 Å². The smallest absolute Gasteiger partial charge is 0.309 e. The monoisotopic (exact) mass is 495 g/mol. The molecule has 0 saturated heterocycles. The van der Waals surface area contributed by atoms with Crippen LogP contribution < -0.4 is 0 Å². The summed E-state index contributed by atoms with van der Waals surface area (Å²) in [6.45, 7) is 10.5. The van der Waals surface area contributed by atoms with Crippen molar-refractivity contribution < 1.29 is 29.0 Å². The quantitative estimate of drug-likeness (QED) is 0.440. The van der Waals surface area contributed by atoms with E-state index in [-0.39, 0.29) is 23.2 Å². The van der Waals surface area contributed by atoms with Gasteiger partial charge >= 0.3 is 5.97 Å². The summed E-state index contributed by atoms with van der Waals surface area (Å²) in [6, 6.07) is 0. The summed E-state index contributed by atoms with van der Waals surface area (Å²) in [7, 11) is 0. The molecule has 0 spiro atoms. The van der Waals surface area contributed by atoms with Gasteiger partial charge in [-0.2, -0.15) is 0 Å². The highest BCUT2D eigenvalue weighted by molar-refractivity contribution is 6.32. The van der Waals surface area contributed by atoms with Crippen molar-refractivity contribution in [2.24, 2.45) is 17.3 Å². The SMILES string of the molecule is C/C1=C/C[C@@H](C(Cl)=Cc2coc(C)n2)OC(=O)C[C@H](O)C(C)(C)C(=O)[C@H](C)[C@@H](O)[C@@H](C)CCC1. The van der Waals surface area contributed by atoms with E-state index in [0.717, 1.165) is 24.8 Å². The number of nitrogens with zero attached hydrogens (tertiary/aromatic N) is 1. The van der Waals surface area contributed by atoms with Crippen molar-refractivity contribution in [2.45, 2.75) is 92.0 Å². The molecule has 0 aliphatic carbocycles. The number of carbonyl (C=O) groups excluding carboxylic acids is 2. The van der Waals surface area contributed by atoms with E-state index < -0.39 is 35.6 Å². The van der Waals surface area contributed by atoms with Crippen LogP contribution in [0.2, 0.25) is 0 Å². The number of esters is 1. The van der Waals surface area contributed by atoms with E-state index in [1.54, 1.807) is 33.8 Å². The lowest BCUT2D eigenvalue weighted by molar-refractivity contribution is -0.153. The number of hydrogen-bond acceptors (Lipinski definition) is 7. The van der Waals surface area contributed by atoms with Crippen LogP contribution in [0, 0.1) is 24.2 Å². The van der Waals surface area contributed by atoms with E-state index in [0.29, 0.717) is 18.0 Å². The summed E-state index contributed by atoms with van der Waals surface area (Å²) in [5.74, 6) is -1.21. The lowest BCUT2D eigenvalue weighted by Crippen LogP contribution is -2.45. The first-order chi connectivity index (χ1) is 15.8.